The summed E-state index contributed by atoms with van der Waals surface area (Å²) in [5, 5.41) is 12.0. The number of fused-ring (bicyclic) bond motifs is 2. The minimum atomic E-state index is -1.29. The van der Waals surface area contributed by atoms with Gasteiger partial charge in [0.05, 0.1) is 11.4 Å². The lowest BCUT2D eigenvalue weighted by Gasteiger charge is -2.45. The monoisotopic (exact) mass is 501 g/mol. The van der Waals surface area contributed by atoms with Crippen LogP contribution in [-0.2, 0) is 4.74 Å². The van der Waals surface area contributed by atoms with Crippen LogP contribution in [0.2, 0.25) is 5.02 Å². The Morgan fingerprint density at radius 3 is 2.50 bits per heavy atom. The van der Waals surface area contributed by atoms with Crippen LogP contribution in [0.25, 0.3) is 0 Å². The van der Waals surface area contributed by atoms with Gasteiger partial charge in [-0.1, -0.05) is 35.5 Å². The van der Waals surface area contributed by atoms with Gasteiger partial charge in [-0.2, -0.15) is 0 Å². The smallest absolute Gasteiger partial charge is 0.413 e. The number of hydrogen-bond acceptors (Lipinski definition) is 6. The van der Waals surface area contributed by atoms with Crippen molar-refractivity contribution in [3.05, 3.63) is 47.5 Å². The van der Waals surface area contributed by atoms with E-state index in [0.717, 1.165) is 43.3 Å². The molecule has 1 spiro atoms. The number of piperidine rings is 1. The minimum Gasteiger partial charge on any atom is -0.437 e. The molecule has 2 saturated heterocycles. The fourth-order valence-corrected chi connectivity index (χ4v) is 6.88. The number of hydrogen-bond donors (Lipinski definition) is 1. The van der Waals surface area contributed by atoms with Crippen molar-refractivity contribution >= 4 is 40.8 Å². The van der Waals surface area contributed by atoms with Crippen LogP contribution < -0.4 is 4.90 Å². The van der Waals surface area contributed by atoms with Gasteiger partial charge in [0, 0.05) is 53.3 Å². The molecule has 0 bridgehead atoms. The zero-order chi connectivity index (χ0) is 24.1. The molecule has 1 atom stereocenters. The summed E-state index contributed by atoms with van der Waals surface area (Å²) in [7, 11) is 0. The molecule has 8 heteroatoms. The van der Waals surface area contributed by atoms with Gasteiger partial charge in [0.15, 0.2) is 11.3 Å². The van der Waals surface area contributed by atoms with Crippen LogP contribution >= 0.6 is 23.4 Å². The number of carbonyl (C=O) groups excluding carboxylic acids is 1. The lowest BCUT2D eigenvalue weighted by atomic mass is 9.81. The number of nitrogens with zero attached hydrogens (tertiary/aromatic N) is 3. The zero-order valence-electron chi connectivity index (χ0n) is 20.0. The van der Waals surface area contributed by atoms with Gasteiger partial charge < -0.3 is 19.6 Å². The second kappa shape index (κ2) is 8.94. The lowest BCUT2D eigenvalue weighted by molar-refractivity contribution is -0.170. The third-order valence-electron chi connectivity index (χ3n) is 7.44. The van der Waals surface area contributed by atoms with Gasteiger partial charge in [-0.3, -0.25) is 4.90 Å². The first-order valence-electron chi connectivity index (χ1n) is 12.0. The van der Waals surface area contributed by atoms with Crippen molar-refractivity contribution in [1.29, 1.82) is 0 Å². The maximum Gasteiger partial charge on any atom is 0.413 e. The Hall–Kier alpha value is -1.93. The second-order valence-electron chi connectivity index (χ2n) is 9.88. The van der Waals surface area contributed by atoms with Crippen LogP contribution in [-0.4, -0.2) is 64.5 Å². The van der Waals surface area contributed by atoms with Gasteiger partial charge in [-0.25, -0.2) is 4.79 Å². The van der Waals surface area contributed by atoms with Gasteiger partial charge in [-0.15, -0.1) is 0 Å². The first-order valence-corrected chi connectivity index (χ1v) is 13.2. The van der Waals surface area contributed by atoms with Crippen LogP contribution in [0, 0.1) is 0 Å². The summed E-state index contributed by atoms with van der Waals surface area (Å²) in [6.45, 7) is 8.97. The molecule has 1 N–H and O–H groups in total. The van der Waals surface area contributed by atoms with E-state index in [9.17, 15) is 9.90 Å². The summed E-state index contributed by atoms with van der Waals surface area (Å²) in [6, 6.07) is 14.5. The molecule has 2 aromatic rings. The largest absolute Gasteiger partial charge is 0.437 e. The molecule has 1 amide bonds. The van der Waals surface area contributed by atoms with E-state index < -0.39 is 17.4 Å². The standard InChI is InChI=1S/C26H32ClN3O3S/c1-18(2)30-24(31)33-26(25(30,3)32)11-15-28(16-12-26)13-6-14-29-20-7-4-5-8-22(20)34-23-10-9-19(27)17-21(23)29/h4-5,7-10,17-18,32H,6,11-16H2,1-3H3. The first kappa shape index (κ1) is 23.8. The minimum absolute atomic E-state index is 0.109. The molecule has 2 fully saturated rings. The van der Waals surface area contributed by atoms with Crippen LogP contribution in [0.5, 0.6) is 0 Å². The molecular formula is C26H32ClN3O3S. The van der Waals surface area contributed by atoms with E-state index in [2.05, 4.69) is 46.2 Å². The highest BCUT2D eigenvalue weighted by molar-refractivity contribution is 7.99. The molecule has 2 aromatic carbocycles. The molecule has 6 nitrogen and oxygen atoms in total. The van der Waals surface area contributed by atoms with Crippen molar-refractivity contribution in [2.75, 3.05) is 31.1 Å². The molecule has 182 valence electrons. The number of halogens is 1. The van der Waals surface area contributed by atoms with Crippen LogP contribution in [0.4, 0.5) is 16.2 Å². The molecule has 3 heterocycles. The zero-order valence-corrected chi connectivity index (χ0v) is 21.5. The lowest BCUT2D eigenvalue weighted by Crippen LogP contribution is -2.61. The number of anilines is 2. The molecule has 0 saturated carbocycles. The third kappa shape index (κ3) is 3.96. The summed E-state index contributed by atoms with van der Waals surface area (Å²) in [5.41, 5.74) is 0.269. The van der Waals surface area contributed by atoms with Crippen LogP contribution in [0.3, 0.4) is 0 Å². The first-order chi connectivity index (χ1) is 16.2. The van der Waals surface area contributed by atoms with Crippen LogP contribution in [0.1, 0.15) is 40.0 Å². The summed E-state index contributed by atoms with van der Waals surface area (Å²) in [5.74, 6) is 0. The number of benzene rings is 2. The summed E-state index contributed by atoms with van der Waals surface area (Å²) in [6.07, 6.45) is 1.85. The van der Waals surface area contributed by atoms with E-state index in [1.165, 1.54) is 20.4 Å². The van der Waals surface area contributed by atoms with Gasteiger partial charge in [0.2, 0.25) is 0 Å². The Labute approximate surface area is 210 Å². The Morgan fingerprint density at radius 2 is 1.79 bits per heavy atom. The van der Waals surface area contributed by atoms with E-state index in [0.29, 0.717) is 12.8 Å². The molecule has 0 aliphatic carbocycles. The average Bonchev–Trinajstić information content (AvgIpc) is 2.99. The fraction of sp³-hybridized carbons (Fsp3) is 0.500. The van der Waals surface area contributed by atoms with Crippen molar-refractivity contribution < 1.29 is 14.6 Å². The highest BCUT2D eigenvalue weighted by atomic mass is 35.5. The van der Waals surface area contributed by atoms with Crippen LogP contribution in [0.15, 0.2) is 52.3 Å². The van der Waals surface area contributed by atoms with Gasteiger partial charge in [0.25, 0.3) is 0 Å². The number of para-hydroxylation sites is 1. The topological polar surface area (TPSA) is 56.2 Å². The normalized spacial score (nSPS) is 23.9. The Morgan fingerprint density at radius 1 is 1.09 bits per heavy atom. The van der Waals surface area contributed by atoms with Crippen molar-refractivity contribution in [2.45, 2.75) is 67.2 Å². The van der Waals surface area contributed by atoms with Crippen molar-refractivity contribution in [2.24, 2.45) is 0 Å². The molecule has 5 rings (SSSR count). The molecular weight excluding hydrogens is 470 g/mol. The highest BCUT2D eigenvalue weighted by Crippen LogP contribution is 2.49. The second-order valence-corrected chi connectivity index (χ2v) is 11.4. The quantitative estimate of drug-likeness (QED) is 0.564. The average molecular weight is 502 g/mol. The van der Waals surface area contributed by atoms with E-state index in [1.807, 2.05) is 19.9 Å². The van der Waals surface area contributed by atoms with Crippen molar-refractivity contribution in [3.8, 4) is 0 Å². The number of ether oxygens (including phenoxy) is 1. The molecule has 1 unspecified atom stereocenters. The summed E-state index contributed by atoms with van der Waals surface area (Å²) in [4.78, 5) is 21.2. The summed E-state index contributed by atoms with van der Waals surface area (Å²) < 4.78 is 5.80. The number of aliphatic hydroxyl groups is 1. The third-order valence-corrected chi connectivity index (χ3v) is 8.80. The molecule has 34 heavy (non-hydrogen) atoms. The van der Waals surface area contributed by atoms with Gasteiger partial charge in [0.1, 0.15) is 0 Å². The van der Waals surface area contributed by atoms with E-state index in [-0.39, 0.29) is 6.04 Å². The van der Waals surface area contributed by atoms with Gasteiger partial charge >= 0.3 is 6.09 Å². The highest BCUT2D eigenvalue weighted by Gasteiger charge is 2.63. The fourth-order valence-electron chi connectivity index (χ4n) is 5.63. The van der Waals surface area contributed by atoms with Crippen molar-refractivity contribution in [1.82, 2.24) is 9.80 Å². The van der Waals surface area contributed by atoms with E-state index in [4.69, 9.17) is 16.3 Å². The summed E-state index contributed by atoms with van der Waals surface area (Å²) >= 11 is 8.13. The Kier molecular flexibility index (Phi) is 6.25. The van der Waals surface area contributed by atoms with E-state index >= 15 is 0 Å². The predicted molar refractivity (Wildman–Crippen MR) is 136 cm³/mol. The van der Waals surface area contributed by atoms with Crippen molar-refractivity contribution in [3.63, 3.8) is 0 Å². The Bertz CT molecular complexity index is 1080. The number of rotatable bonds is 5. The van der Waals surface area contributed by atoms with E-state index in [1.54, 1.807) is 18.7 Å². The number of carbonyl (C=O) groups is 1. The number of amides is 1. The number of likely N-dealkylation sites (tertiary alicyclic amines) is 1. The molecule has 0 radical (unpaired) electrons. The maximum absolute atomic E-state index is 12.5. The molecule has 3 aliphatic heterocycles. The SMILES string of the molecule is CC(C)N1C(=O)OC2(CCN(CCCN3c4ccccc4Sc4ccc(Cl)cc43)CC2)C1(C)O. The maximum atomic E-state index is 12.5. The Balaban J connectivity index is 1.23. The predicted octanol–water partition coefficient (Wildman–Crippen LogP) is 5.74. The molecule has 0 aromatic heterocycles. The molecule has 3 aliphatic rings. The van der Waals surface area contributed by atoms with Gasteiger partial charge in [-0.05, 0) is 64.1 Å².